The summed E-state index contributed by atoms with van der Waals surface area (Å²) in [6.07, 6.45) is 8.13. The first-order valence-electron chi connectivity index (χ1n) is 15.4. The molecule has 10 nitrogen and oxygen atoms in total. The highest BCUT2D eigenvalue weighted by molar-refractivity contribution is 6.01. The minimum Gasteiger partial charge on any atom is -0.338 e. The molecule has 6 rings (SSSR count). The quantitative estimate of drug-likeness (QED) is 0.213. The summed E-state index contributed by atoms with van der Waals surface area (Å²) < 4.78 is 3.48. The maximum absolute atomic E-state index is 14.1. The average Bonchev–Trinajstić information content (AvgIpc) is 3.76. The number of hydrogen-bond donors (Lipinski definition) is 3. The zero-order valence-electron chi connectivity index (χ0n) is 26.7. The molecule has 1 aliphatic rings. The second-order valence-corrected chi connectivity index (χ2v) is 12.9. The lowest BCUT2D eigenvalue weighted by atomic mass is 9.77. The third-order valence-corrected chi connectivity index (χ3v) is 8.70. The summed E-state index contributed by atoms with van der Waals surface area (Å²) >= 11 is 0. The van der Waals surface area contributed by atoms with Crippen LogP contribution >= 0.6 is 0 Å². The minimum atomic E-state index is -0.808. The Hall–Kier alpha value is -4.99. The van der Waals surface area contributed by atoms with Crippen molar-refractivity contribution in [2.24, 2.45) is 7.05 Å². The second-order valence-electron chi connectivity index (χ2n) is 12.9. The van der Waals surface area contributed by atoms with Gasteiger partial charge in [0.15, 0.2) is 0 Å². The van der Waals surface area contributed by atoms with Gasteiger partial charge in [-0.1, -0.05) is 30.3 Å². The van der Waals surface area contributed by atoms with Crippen LogP contribution in [-0.4, -0.2) is 47.6 Å². The van der Waals surface area contributed by atoms with Gasteiger partial charge in [0, 0.05) is 47.9 Å². The van der Waals surface area contributed by atoms with Crippen molar-refractivity contribution < 1.29 is 9.59 Å². The fourth-order valence-electron chi connectivity index (χ4n) is 6.28. The lowest BCUT2D eigenvalue weighted by Crippen LogP contribution is -2.48. The largest absolute Gasteiger partial charge is 0.338 e. The van der Waals surface area contributed by atoms with Crippen molar-refractivity contribution in [1.82, 2.24) is 35.1 Å². The molecule has 45 heavy (non-hydrogen) atoms. The summed E-state index contributed by atoms with van der Waals surface area (Å²) in [5, 5.41) is 22.3. The van der Waals surface area contributed by atoms with E-state index < -0.39 is 6.04 Å². The Balaban J connectivity index is 1.32. The molecule has 1 aliphatic carbocycles. The van der Waals surface area contributed by atoms with Crippen LogP contribution in [0, 0.1) is 13.8 Å². The van der Waals surface area contributed by atoms with E-state index in [0.29, 0.717) is 11.4 Å². The first-order chi connectivity index (χ1) is 21.5. The number of carbonyl (C=O) groups excluding carboxylic acids is 2. The Bertz CT molecular complexity index is 1840. The molecular weight excluding hydrogens is 564 g/mol. The number of carbonyl (C=O) groups is 2. The second kappa shape index (κ2) is 11.8. The maximum Gasteiger partial charge on any atom is 0.270 e. The van der Waals surface area contributed by atoms with Gasteiger partial charge in [0.05, 0.1) is 17.4 Å². The van der Waals surface area contributed by atoms with E-state index in [1.807, 2.05) is 49.0 Å². The van der Waals surface area contributed by atoms with Crippen LogP contribution in [0.1, 0.15) is 72.5 Å². The molecule has 0 bridgehead atoms. The number of H-pyrrole nitrogens is 1. The molecule has 0 radical (unpaired) electrons. The highest BCUT2D eigenvalue weighted by Gasteiger charge is 2.35. The Morgan fingerprint density at radius 2 is 1.76 bits per heavy atom. The summed E-state index contributed by atoms with van der Waals surface area (Å²) in [6, 6.07) is 15.0. The van der Waals surface area contributed by atoms with Gasteiger partial charge in [-0.25, -0.2) is 0 Å². The van der Waals surface area contributed by atoms with E-state index in [1.54, 1.807) is 19.3 Å². The van der Waals surface area contributed by atoms with E-state index in [1.165, 1.54) is 10.2 Å². The van der Waals surface area contributed by atoms with Crippen molar-refractivity contribution in [2.75, 3.05) is 5.32 Å². The summed E-state index contributed by atoms with van der Waals surface area (Å²) in [6.45, 7) is 10.3. The monoisotopic (exact) mass is 604 g/mol. The van der Waals surface area contributed by atoms with Crippen LogP contribution in [0.5, 0.6) is 0 Å². The summed E-state index contributed by atoms with van der Waals surface area (Å²) in [5.41, 5.74) is 9.21. The predicted molar refractivity (Wildman–Crippen MR) is 175 cm³/mol. The van der Waals surface area contributed by atoms with Crippen molar-refractivity contribution in [2.45, 2.75) is 71.4 Å². The molecule has 2 amide bonds. The van der Waals surface area contributed by atoms with Crippen molar-refractivity contribution in [3.8, 4) is 22.3 Å². The molecule has 0 aliphatic heterocycles. The third kappa shape index (κ3) is 6.05. The highest BCUT2D eigenvalue weighted by Crippen LogP contribution is 2.38. The Morgan fingerprint density at radius 3 is 2.40 bits per heavy atom. The maximum atomic E-state index is 14.1. The molecule has 10 heteroatoms. The van der Waals surface area contributed by atoms with Crippen LogP contribution < -0.4 is 10.6 Å². The fraction of sp³-hybridized carbons (Fsp3) is 0.343. The van der Waals surface area contributed by atoms with Gasteiger partial charge in [-0.3, -0.25) is 24.1 Å². The molecule has 0 spiro atoms. The Labute approximate surface area is 263 Å². The molecule has 2 atom stereocenters. The van der Waals surface area contributed by atoms with E-state index in [-0.39, 0.29) is 23.3 Å². The molecule has 232 valence electrons. The van der Waals surface area contributed by atoms with Crippen LogP contribution in [0.3, 0.4) is 0 Å². The van der Waals surface area contributed by atoms with Crippen LogP contribution in [0.4, 0.5) is 5.69 Å². The molecule has 0 unspecified atom stereocenters. The zero-order valence-corrected chi connectivity index (χ0v) is 26.7. The lowest BCUT2D eigenvalue weighted by Gasteiger charge is -2.32. The zero-order chi connectivity index (χ0) is 31.9. The van der Waals surface area contributed by atoms with Gasteiger partial charge in [0.1, 0.15) is 11.7 Å². The Morgan fingerprint density at radius 1 is 1.00 bits per heavy atom. The molecule has 3 N–H and O–H groups in total. The number of anilines is 1. The number of nitrogens with one attached hydrogen (secondary N) is 3. The van der Waals surface area contributed by atoms with Gasteiger partial charge in [0.2, 0.25) is 5.91 Å². The summed E-state index contributed by atoms with van der Waals surface area (Å²) in [4.78, 5) is 27.6. The van der Waals surface area contributed by atoms with E-state index in [0.717, 1.165) is 58.5 Å². The molecule has 2 aromatic carbocycles. The van der Waals surface area contributed by atoms with Crippen LogP contribution in [-0.2, 0) is 23.8 Å². The first kappa shape index (κ1) is 30.1. The standard InChI is InChI=1S/C35H40N8O2/c1-21-31(22(2)41-40-21)24-12-14-27(15-13-24)38-34(45)32(39-33(44)30-16-17-36-42(30)6)28-9-7-8-23-10-11-25(18-29(23)28)26-19-37-43(20-26)35(3,4)5/h10-20,28,32H,7-9H2,1-6H3,(H,38,45)(H,39,44)(H,40,41)/t28-,32+/m1/s1. The summed E-state index contributed by atoms with van der Waals surface area (Å²) in [5.74, 6) is -0.831. The highest BCUT2D eigenvalue weighted by atomic mass is 16.2. The van der Waals surface area contributed by atoms with E-state index in [9.17, 15) is 9.59 Å². The van der Waals surface area contributed by atoms with Gasteiger partial charge in [-0.15, -0.1) is 0 Å². The van der Waals surface area contributed by atoms with Gasteiger partial charge < -0.3 is 10.6 Å². The van der Waals surface area contributed by atoms with Crippen LogP contribution in [0.25, 0.3) is 22.3 Å². The number of benzene rings is 2. The number of aromatic amines is 1. The number of rotatable bonds is 7. The van der Waals surface area contributed by atoms with Crippen molar-refractivity contribution >= 4 is 17.5 Å². The topological polar surface area (TPSA) is 123 Å². The van der Waals surface area contributed by atoms with Crippen molar-refractivity contribution in [1.29, 1.82) is 0 Å². The molecule has 5 aromatic rings. The van der Waals surface area contributed by atoms with Crippen molar-refractivity contribution in [3.63, 3.8) is 0 Å². The number of amides is 2. The van der Waals surface area contributed by atoms with Gasteiger partial charge in [0.25, 0.3) is 5.91 Å². The van der Waals surface area contributed by atoms with Gasteiger partial charge in [-0.05, 0) is 94.3 Å². The fourth-order valence-corrected chi connectivity index (χ4v) is 6.28. The molecule has 3 aromatic heterocycles. The normalized spacial score (nSPS) is 15.4. The summed E-state index contributed by atoms with van der Waals surface area (Å²) in [7, 11) is 1.72. The molecule has 0 saturated heterocycles. The predicted octanol–water partition coefficient (Wildman–Crippen LogP) is 5.90. The molecule has 3 heterocycles. The van der Waals surface area contributed by atoms with Gasteiger partial charge in [-0.2, -0.15) is 15.3 Å². The number of fused-ring (bicyclic) bond motifs is 1. The SMILES string of the molecule is Cc1n[nH]c(C)c1-c1ccc(NC(=O)[C@@H](NC(=O)c2ccnn2C)[C@@H]2CCCc3ccc(-c4cnn(C(C)(C)C)c4)cc32)cc1. The smallest absolute Gasteiger partial charge is 0.270 e. The van der Waals surface area contributed by atoms with Crippen molar-refractivity contribution in [3.05, 3.63) is 95.3 Å². The molecule has 0 fully saturated rings. The lowest BCUT2D eigenvalue weighted by molar-refractivity contribution is -0.118. The molecule has 0 saturated carbocycles. The van der Waals surface area contributed by atoms with Gasteiger partial charge >= 0.3 is 0 Å². The number of aryl methyl sites for hydroxylation is 4. The number of hydrogen-bond acceptors (Lipinski definition) is 5. The third-order valence-electron chi connectivity index (χ3n) is 8.70. The minimum absolute atomic E-state index is 0.136. The number of aromatic nitrogens is 6. The van der Waals surface area contributed by atoms with E-state index in [4.69, 9.17) is 0 Å². The molecular formula is C35H40N8O2. The number of nitrogens with zero attached hydrogens (tertiary/aromatic N) is 5. The first-order valence-corrected chi connectivity index (χ1v) is 15.4. The Kier molecular flexibility index (Phi) is 7.90. The van der Waals surface area contributed by atoms with E-state index >= 15 is 0 Å². The van der Waals surface area contributed by atoms with Crippen LogP contribution in [0.2, 0.25) is 0 Å². The van der Waals surface area contributed by atoms with E-state index in [2.05, 4.69) is 76.2 Å². The van der Waals surface area contributed by atoms with Crippen LogP contribution in [0.15, 0.2) is 67.1 Å². The average molecular weight is 605 g/mol.